The lowest BCUT2D eigenvalue weighted by Crippen LogP contribution is -2.41. The molecule has 2 aromatic rings. The minimum absolute atomic E-state index is 0.00752. The van der Waals surface area contributed by atoms with E-state index in [9.17, 15) is 26.8 Å². The minimum Gasteiger partial charge on any atom is -0.324 e. The van der Waals surface area contributed by atoms with Crippen molar-refractivity contribution in [3.8, 4) is 0 Å². The number of carbonyl (C=O) groups excluding carboxylic acids is 2. The second-order valence-corrected chi connectivity index (χ2v) is 10.4. The normalized spacial score (nSPS) is 18.0. The van der Waals surface area contributed by atoms with Crippen LogP contribution in [0.15, 0.2) is 41.3 Å². The van der Waals surface area contributed by atoms with Crippen LogP contribution in [0, 0.1) is 17.6 Å². The van der Waals surface area contributed by atoms with Gasteiger partial charge in [-0.2, -0.15) is 4.31 Å². The molecule has 2 heterocycles. The van der Waals surface area contributed by atoms with E-state index in [1.807, 2.05) is 0 Å². The second-order valence-electron chi connectivity index (χ2n) is 8.06. The van der Waals surface area contributed by atoms with Crippen LogP contribution in [0.5, 0.6) is 0 Å². The van der Waals surface area contributed by atoms with E-state index in [1.165, 1.54) is 0 Å². The molecular weight excluding hydrogens is 476 g/mol. The van der Waals surface area contributed by atoms with Crippen LogP contribution in [0.1, 0.15) is 25.7 Å². The third-order valence-corrected chi connectivity index (χ3v) is 8.17. The Morgan fingerprint density at radius 1 is 1.06 bits per heavy atom. The van der Waals surface area contributed by atoms with Crippen LogP contribution in [-0.4, -0.2) is 44.2 Å². The number of nitrogens with one attached hydrogen (secondary N) is 1. The van der Waals surface area contributed by atoms with Crippen LogP contribution in [0.25, 0.3) is 0 Å². The molecule has 2 amide bonds. The molecule has 7 nitrogen and oxygen atoms in total. The van der Waals surface area contributed by atoms with E-state index in [0.717, 1.165) is 22.9 Å². The predicted octanol–water partition coefficient (Wildman–Crippen LogP) is 3.78. The van der Waals surface area contributed by atoms with E-state index >= 15 is 0 Å². The molecule has 0 saturated carbocycles. The average molecular weight is 498 g/mol. The van der Waals surface area contributed by atoms with Gasteiger partial charge in [-0.25, -0.2) is 17.2 Å². The van der Waals surface area contributed by atoms with Crippen molar-refractivity contribution in [1.82, 2.24) is 4.31 Å². The number of hydrogen-bond acceptors (Lipinski definition) is 4. The maximum Gasteiger partial charge on any atom is 0.246 e. The van der Waals surface area contributed by atoms with Crippen LogP contribution in [0.4, 0.5) is 20.2 Å². The summed E-state index contributed by atoms with van der Waals surface area (Å²) in [5.41, 5.74) is 1.02. The van der Waals surface area contributed by atoms with Crippen LogP contribution in [0.2, 0.25) is 5.02 Å². The first-order valence-electron chi connectivity index (χ1n) is 10.5. The standard InChI is InChI=1S/C22H22ClF2N3O4S/c23-17-5-4-16(28-9-1-2-21(28)29)13-19(17)26-22(30)14-7-10-27(11-8-14)33(31,32)20-12-15(24)3-6-18(20)25/h3-6,12-14H,1-2,7-11H2,(H,26,30). The Morgan fingerprint density at radius 3 is 2.45 bits per heavy atom. The highest BCUT2D eigenvalue weighted by molar-refractivity contribution is 7.89. The highest BCUT2D eigenvalue weighted by atomic mass is 35.5. The zero-order valence-corrected chi connectivity index (χ0v) is 19.1. The smallest absolute Gasteiger partial charge is 0.246 e. The molecule has 2 aromatic carbocycles. The molecule has 0 aliphatic carbocycles. The monoisotopic (exact) mass is 497 g/mol. The molecule has 0 radical (unpaired) electrons. The van der Waals surface area contributed by atoms with Gasteiger partial charge >= 0.3 is 0 Å². The molecule has 2 saturated heterocycles. The number of amides is 2. The number of hydrogen-bond donors (Lipinski definition) is 1. The summed E-state index contributed by atoms with van der Waals surface area (Å²) < 4.78 is 54.0. The molecule has 2 fully saturated rings. The summed E-state index contributed by atoms with van der Waals surface area (Å²) in [6.07, 6.45) is 1.67. The third-order valence-electron chi connectivity index (χ3n) is 5.93. The van der Waals surface area contributed by atoms with Gasteiger partial charge in [0.2, 0.25) is 21.8 Å². The van der Waals surface area contributed by atoms with Crippen molar-refractivity contribution in [2.45, 2.75) is 30.6 Å². The molecule has 4 rings (SSSR count). The first-order valence-corrected chi connectivity index (χ1v) is 12.3. The van der Waals surface area contributed by atoms with Crippen LogP contribution in [-0.2, 0) is 19.6 Å². The maximum absolute atomic E-state index is 14.0. The van der Waals surface area contributed by atoms with Crippen LogP contribution < -0.4 is 10.2 Å². The second kappa shape index (κ2) is 9.36. The molecule has 11 heteroatoms. The van der Waals surface area contributed by atoms with Crippen molar-refractivity contribution < 1.29 is 26.8 Å². The van der Waals surface area contributed by atoms with Gasteiger partial charge in [0, 0.05) is 37.7 Å². The number of halogens is 3. The molecular formula is C22H22ClF2N3O4S. The van der Waals surface area contributed by atoms with Gasteiger partial charge in [0.15, 0.2) is 0 Å². The van der Waals surface area contributed by atoms with Gasteiger partial charge in [-0.1, -0.05) is 11.6 Å². The number of benzene rings is 2. The zero-order chi connectivity index (χ0) is 23.8. The minimum atomic E-state index is -4.22. The molecule has 2 aliphatic rings. The Balaban J connectivity index is 1.42. The fourth-order valence-electron chi connectivity index (χ4n) is 4.11. The van der Waals surface area contributed by atoms with Gasteiger partial charge < -0.3 is 10.2 Å². The Hall–Kier alpha value is -2.56. The van der Waals surface area contributed by atoms with Crippen molar-refractivity contribution >= 4 is 44.8 Å². The number of carbonyl (C=O) groups is 2. The number of piperidine rings is 1. The van der Waals surface area contributed by atoms with E-state index in [4.69, 9.17) is 11.6 Å². The van der Waals surface area contributed by atoms with E-state index in [2.05, 4.69) is 5.32 Å². The summed E-state index contributed by atoms with van der Waals surface area (Å²) in [5.74, 6) is -2.67. The average Bonchev–Trinajstić information content (AvgIpc) is 3.22. The lowest BCUT2D eigenvalue weighted by Gasteiger charge is -2.30. The molecule has 0 bridgehead atoms. The summed E-state index contributed by atoms with van der Waals surface area (Å²) in [4.78, 5) is 25.7. The van der Waals surface area contributed by atoms with Crippen LogP contribution in [0.3, 0.4) is 0 Å². The maximum atomic E-state index is 14.0. The first kappa shape index (κ1) is 23.6. The molecule has 33 heavy (non-hydrogen) atoms. The van der Waals surface area contributed by atoms with E-state index < -0.39 is 32.5 Å². The molecule has 0 unspecified atom stereocenters. The number of nitrogens with zero attached hydrogens (tertiary/aromatic N) is 2. The predicted molar refractivity (Wildman–Crippen MR) is 120 cm³/mol. The third kappa shape index (κ3) is 4.87. The molecule has 1 N–H and O–H groups in total. The van der Waals surface area contributed by atoms with Gasteiger partial charge in [-0.3, -0.25) is 9.59 Å². The van der Waals surface area contributed by atoms with Gasteiger partial charge in [-0.05, 0) is 55.7 Å². The van der Waals surface area contributed by atoms with Crippen molar-refractivity contribution in [3.63, 3.8) is 0 Å². The van der Waals surface area contributed by atoms with Gasteiger partial charge in [0.05, 0.1) is 10.7 Å². The van der Waals surface area contributed by atoms with Gasteiger partial charge in [-0.15, -0.1) is 0 Å². The highest BCUT2D eigenvalue weighted by Crippen LogP contribution is 2.32. The topological polar surface area (TPSA) is 86.8 Å². The van der Waals surface area contributed by atoms with E-state index in [1.54, 1.807) is 23.1 Å². The fraction of sp³-hybridized carbons (Fsp3) is 0.364. The van der Waals surface area contributed by atoms with Crippen molar-refractivity contribution in [3.05, 3.63) is 53.1 Å². The zero-order valence-electron chi connectivity index (χ0n) is 17.6. The number of rotatable bonds is 5. The summed E-state index contributed by atoms with van der Waals surface area (Å²) >= 11 is 6.23. The Morgan fingerprint density at radius 2 is 1.79 bits per heavy atom. The Kier molecular flexibility index (Phi) is 6.69. The molecule has 176 valence electrons. The van der Waals surface area contributed by atoms with E-state index in [0.29, 0.717) is 35.4 Å². The van der Waals surface area contributed by atoms with E-state index in [-0.39, 0.29) is 37.7 Å². The molecule has 0 aromatic heterocycles. The lowest BCUT2D eigenvalue weighted by atomic mass is 9.97. The number of sulfonamides is 1. The SMILES string of the molecule is O=C(Nc1cc(N2CCCC2=O)ccc1Cl)C1CCN(S(=O)(=O)c2cc(F)ccc2F)CC1. The first-order chi connectivity index (χ1) is 15.7. The Bertz CT molecular complexity index is 1200. The van der Waals surface area contributed by atoms with Crippen molar-refractivity contribution in [2.75, 3.05) is 29.9 Å². The summed E-state index contributed by atoms with van der Waals surface area (Å²) in [7, 11) is -4.22. The largest absolute Gasteiger partial charge is 0.324 e. The summed E-state index contributed by atoms with van der Waals surface area (Å²) in [6.45, 7) is 0.589. The number of anilines is 2. The highest BCUT2D eigenvalue weighted by Gasteiger charge is 2.34. The molecule has 2 aliphatic heterocycles. The van der Waals surface area contributed by atoms with Gasteiger partial charge in [0.25, 0.3) is 0 Å². The lowest BCUT2D eigenvalue weighted by molar-refractivity contribution is -0.121. The summed E-state index contributed by atoms with van der Waals surface area (Å²) in [5, 5.41) is 3.09. The van der Waals surface area contributed by atoms with Crippen molar-refractivity contribution in [2.24, 2.45) is 5.92 Å². The fourth-order valence-corrected chi connectivity index (χ4v) is 5.82. The van der Waals surface area contributed by atoms with Gasteiger partial charge in [0.1, 0.15) is 16.5 Å². The summed E-state index contributed by atoms with van der Waals surface area (Å²) in [6, 6.07) is 7.26. The quantitative estimate of drug-likeness (QED) is 0.681. The van der Waals surface area contributed by atoms with Crippen molar-refractivity contribution in [1.29, 1.82) is 0 Å². The van der Waals surface area contributed by atoms with Crippen LogP contribution >= 0.6 is 11.6 Å². The molecule has 0 spiro atoms. The molecule has 0 atom stereocenters. The Labute approximate surface area is 195 Å².